The van der Waals surface area contributed by atoms with E-state index in [-0.39, 0.29) is 35.7 Å². The smallest absolute Gasteiger partial charge is 0.261 e. The Bertz CT molecular complexity index is 713. The van der Waals surface area contributed by atoms with Crippen LogP contribution < -0.4 is 16.8 Å². The van der Waals surface area contributed by atoms with Gasteiger partial charge in [-0.15, -0.1) is 0 Å². The Morgan fingerprint density at radius 1 is 1.52 bits per heavy atom. The summed E-state index contributed by atoms with van der Waals surface area (Å²) in [7, 11) is 0. The molecule has 3 rings (SSSR count). The molecule has 0 radical (unpaired) electrons. The minimum Gasteiger partial charge on any atom is -0.384 e. The Balaban J connectivity index is 2.13. The summed E-state index contributed by atoms with van der Waals surface area (Å²) >= 11 is 0. The van der Waals surface area contributed by atoms with E-state index in [2.05, 4.69) is 15.4 Å². The molecule has 5 N–H and O–H groups in total. The number of carbonyl (C=O) groups is 1. The number of halogens is 2. The molecule has 1 aliphatic heterocycles. The molecule has 0 bridgehead atoms. The van der Waals surface area contributed by atoms with Crippen molar-refractivity contribution < 1.29 is 13.6 Å². The Kier molecular flexibility index (Phi) is 3.01. The maximum atomic E-state index is 13.5. The lowest BCUT2D eigenvalue weighted by atomic mass is 9.91. The molecule has 1 unspecified atom stereocenters. The third-order valence-corrected chi connectivity index (χ3v) is 3.49. The molecule has 7 nitrogen and oxygen atoms in total. The number of piperidine rings is 1. The highest BCUT2D eigenvalue weighted by Gasteiger charge is 2.39. The zero-order valence-electron chi connectivity index (χ0n) is 11.0. The van der Waals surface area contributed by atoms with Gasteiger partial charge < -0.3 is 16.8 Å². The fourth-order valence-corrected chi connectivity index (χ4v) is 2.61. The van der Waals surface area contributed by atoms with Crippen LogP contribution in [0.3, 0.4) is 0 Å². The highest BCUT2D eigenvalue weighted by molar-refractivity contribution is 6.00. The molecule has 112 valence electrons. The van der Waals surface area contributed by atoms with Crippen LogP contribution in [0.2, 0.25) is 0 Å². The van der Waals surface area contributed by atoms with E-state index in [0.717, 1.165) is 0 Å². The van der Waals surface area contributed by atoms with Gasteiger partial charge in [0.05, 0.1) is 12.2 Å². The summed E-state index contributed by atoms with van der Waals surface area (Å²) in [5, 5.41) is 6.84. The molecule has 3 heterocycles. The molecule has 2 aromatic heterocycles. The molecule has 1 atom stereocenters. The molecule has 2 aromatic rings. The predicted molar refractivity (Wildman–Crippen MR) is 71.1 cm³/mol. The molecule has 1 fully saturated rings. The average molecular weight is 296 g/mol. The molecule has 9 heteroatoms. The topological polar surface area (TPSA) is 111 Å². The van der Waals surface area contributed by atoms with Crippen molar-refractivity contribution in [1.29, 1.82) is 0 Å². The van der Waals surface area contributed by atoms with Crippen molar-refractivity contribution in [3.8, 4) is 0 Å². The van der Waals surface area contributed by atoms with Gasteiger partial charge in [-0.05, 0) is 6.07 Å². The first kappa shape index (κ1) is 13.7. The van der Waals surface area contributed by atoms with Gasteiger partial charge in [0.25, 0.3) is 11.8 Å². The van der Waals surface area contributed by atoms with Crippen LogP contribution >= 0.6 is 0 Å². The molecule has 0 aromatic carbocycles. The summed E-state index contributed by atoms with van der Waals surface area (Å²) < 4.78 is 28.4. The van der Waals surface area contributed by atoms with E-state index in [1.807, 2.05) is 0 Å². The molecule has 1 saturated heterocycles. The van der Waals surface area contributed by atoms with Crippen molar-refractivity contribution in [1.82, 2.24) is 19.9 Å². The molecule has 0 saturated carbocycles. The standard InChI is InChI=1S/C12H14F2N6O/c13-12(14)3-6(4-17-5-12)9-8(10(16)21)11-18-7(15)1-2-20(11)19-9/h1-2,6,17H,3-5H2,(H2,15,18)(H2,16,21). The molecule has 0 aliphatic carbocycles. The Labute approximate surface area is 118 Å². The second-order valence-electron chi connectivity index (χ2n) is 5.13. The molecule has 0 spiro atoms. The van der Waals surface area contributed by atoms with Gasteiger partial charge in [-0.3, -0.25) is 4.79 Å². The number of amides is 1. The van der Waals surface area contributed by atoms with E-state index < -0.39 is 17.7 Å². The predicted octanol–water partition coefficient (Wildman–Crippen LogP) is 0.123. The van der Waals surface area contributed by atoms with E-state index in [1.54, 1.807) is 0 Å². The van der Waals surface area contributed by atoms with Crippen LogP contribution in [-0.4, -0.2) is 39.5 Å². The van der Waals surface area contributed by atoms with Crippen LogP contribution in [-0.2, 0) is 0 Å². The van der Waals surface area contributed by atoms with Gasteiger partial charge in [0.15, 0.2) is 5.65 Å². The van der Waals surface area contributed by atoms with Crippen molar-refractivity contribution in [2.75, 3.05) is 18.8 Å². The van der Waals surface area contributed by atoms with Crippen LogP contribution in [0, 0.1) is 0 Å². The minimum absolute atomic E-state index is 0.0480. The van der Waals surface area contributed by atoms with Gasteiger partial charge in [-0.2, -0.15) is 5.10 Å². The fraction of sp³-hybridized carbons (Fsp3) is 0.417. The quantitative estimate of drug-likeness (QED) is 0.729. The average Bonchev–Trinajstić information content (AvgIpc) is 2.76. The van der Waals surface area contributed by atoms with Crippen LogP contribution in [0.1, 0.15) is 28.4 Å². The molecule has 1 amide bonds. The van der Waals surface area contributed by atoms with E-state index in [1.165, 1.54) is 16.8 Å². The number of nitrogens with two attached hydrogens (primary N) is 2. The van der Waals surface area contributed by atoms with Crippen LogP contribution in [0.25, 0.3) is 5.65 Å². The van der Waals surface area contributed by atoms with Crippen molar-refractivity contribution in [2.45, 2.75) is 18.3 Å². The van der Waals surface area contributed by atoms with Gasteiger partial charge in [0.1, 0.15) is 11.4 Å². The van der Waals surface area contributed by atoms with Gasteiger partial charge in [-0.25, -0.2) is 18.3 Å². The first-order valence-corrected chi connectivity index (χ1v) is 6.40. The summed E-state index contributed by atoms with van der Waals surface area (Å²) in [5.74, 6) is -4.02. The number of fused-ring (bicyclic) bond motifs is 1. The number of anilines is 1. The fourth-order valence-electron chi connectivity index (χ4n) is 2.61. The zero-order valence-corrected chi connectivity index (χ0v) is 11.0. The first-order chi connectivity index (χ1) is 9.87. The van der Waals surface area contributed by atoms with Gasteiger partial charge in [0.2, 0.25) is 0 Å². The van der Waals surface area contributed by atoms with Gasteiger partial charge >= 0.3 is 0 Å². The van der Waals surface area contributed by atoms with Gasteiger partial charge in [0, 0.05) is 25.1 Å². The van der Waals surface area contributed by atoms with Gasteiger partial charge in [-0.1, -0.05) is 0 Å². The largest absolute Gasteiger partial charge is 0.384 e. The first-order valence-electron chi connectivity index (χ1n) is 6.40. The van der Waals surface area contributed by atoms with Crippen molar-refractivity contribution in [3.05, 3.63) is 23.5 Å². The second-order valence-corrected chi connectivity index (χ2v) is 5.13. The lowest BCUT2D eigenvalue weighted by molar-refractivity contribution is -0.0283. The lowest BCUT2D eigenvalue weighted by Gasteiger charge is -2.28. The second kappa shape index (κ2) is 4.62. The number of carbonyl (C=O) groups excluding carboxylic acids is 1. The van der Waals surface area contributed by atoms with Crippen molar-refractivity contribution in [2.24, 2.45) is 5.73 Å². The van der Waals surface area contributed by atoms with Crippen molar-refractivity contribution >= 4 is 17.4 Å². The third kappa shape index (κ3) is 2.40. The van der Waals surface area contributed by atoms with Crippen LogP contribution in [0.4, 0.5) is 14.6 Å². The maximum absolute atomic E-state index is 13.5. The van der Waals surface area contributed by atoms with E-state index in [4.69, 9.17) is 11.5 Å². The number of hydrogen-bond acceptors (Lipinski definition) is 5. The maximum Gasteiger partial charge on any atom is 0.261 e. The van der Waals surface area contributed by atoms with Crippen LogP contribution in [0.5, 0.6) is 0 Å². The molecule has 21 heavy (non-hydrogen) atoms. The summed E-state index contributed by atoms with van der Waals surface area (Å²) in [4.78, 5) is 15.7. The summed E-state index contributed by atoms with van der Waals surface area (Å²) in [5.41, 5.74) is 11.4. The SMILES string of the molecule is NC(=O)c1c(C2CNCC(F)(F)C2)nn2ccc(N)nc12. The summed E-state index contributed by atoms with van der Waals surface area (Å²) in [6.07, 6.45) is 1.13. The number of hydrogen-bond donors (Lipinski definition) is 3. The lowest BCUT2D eigenvalue weighted by Crippen LogP contribution is -2.43. The van der Waals surface area contributed by atoms with E-state index >= 15 is 0 Å². The molecule has 1 aliphatic rings. The highest BCUT2D eigenvalue weighted by Crippen LogP contribution is 2.34. The van der Waals surface area contributed by atoms with E-state index in [9.17, 15) is 13.6 Å². The minimum atomic E-state index is -2.85. The number of rotatable bonds is 2. The Morgan fingerprint density at radius 3 is 2.95 bits per heavy atom. The molecular formula is C12H14F2N6O. The summed E-state index contributed by atoms with van der Waals surface area (Å²) in [6.45, 7) is -0.0802. The number of alkyl halides is 2. The van der Waals surface area contributed by atoms with Crippen LogP contribution in [0.15, 0.2) is 12.3 Å². The van der Waals surface area contributed by atoms with Crippen molar-refractivity contribution in [3.63, 3.8) is 0 Å². The zero-order chi connectivity index (χ0) is 15.2. The number of nitrogen functional groups attached to an aromatic ring is 1. The number of primary amides is 1. The molecular weight excluding hydrogens is 282 g/mol. The summed E-state index contributed by atoms with van der Waals surface area (Å²) in [6, 6.07) is 1.50. The number of nitrogens with one attached hydrogen (secondary N) is 1. The highest BCUT2D eigenvalue weighted by atomic mass is 19.3. The number of nitrogens with zero attached hydrogens (tertiary/aromatic N) is 3. The third-order valence-electron chi connectivity index (χ3n) is 3.49. The van der Waals surface area contributed by atoms with E-state index in [0.29, 0.717) is 6.54 Å². The Hall–Kier alpha value is -2.29. The number of aromatic nitrogens is 3. The monoisotopic (exact) mass is 296 g/mol. The normalized spacial score (nSPS) is 21.5. The Morgan fingerprint density at radius 2 is 2.29 bits per heavy atom.